The Hall–Kier alpha value is 0.310. The van der Waals surface area contributed by atoms with Crippen molar-refractivity contribution in [3.63, 3.8) is 0 Å². The second kappa shape index (κ2) is 12.3. The van der Waals surface area contributed by atoms with E-state index in [-0.39, 0.29) is 0 Å². The normalized spacial score (nSPS) is 12.0. The van der Waals surface area contributed by atoms with Crippen LogP contribution in [0.4, 0.5) is 0 Å². The van der Waals surface area contributed by atoms with Crippen molar-refractivity contribution in [2.75, 3.05) is 31.9 Å². The first-order chi connectivity index (χ1) is 8.74. The number of hydrogen-bond donors (Lipinski definition) is 1. The standard InChI is InChI=1S/C16H35NS/c1-4-7-12-17(13-8-5-2,14-9-6-3)15-10-11-16-18/h4-16H2,1-3H3/p+1. The van der Waals surface area contributed by atoms with Crippen LogP contribution in [0.15, 0.2) is 0 Å². The summed E-state index contributed by atoms with van der Waals surface area (Å²) in [4.78, 5) is 0. The number of thiol groups is 1. The number of quaternary nitrogens is 1. The van der Waals surface area contributed by atoms with Gasteiger partial charge in [0.25, 0.3) is 0 Å². The van der Waals surface area contributed by atoms with E-state index in [1.807, 2.05) is 0 Å². The second-order valence-corrected chi connectivity index (χ2v) is 6.17. The third-order valence-electron chi connectivity index (χ3n) is 4.00. The highest BCUT2D eigenvalue weighted by Gasteiger charge is 2.24. The molecule has 0 aromatic carbocycles. The van der Waals surface area contributed by atoms with Crippen LogP contribution in [0.25, 0.3) is 0 Å². The Bertz CT molecular complexity index is 149. The molecule has 1 nitrogen and oxygen atoms in total. The molecule has 0 rings (SSSR count). The fraction of sp³-hybridized carbons (Fsp3) is 1.00. The molecule has 0 fully saturated rings. The summed E-state index contributed by atoms with van der Waals surface area (Å²) in [5, 5.41) is 0. The van der Waals surface area contributed by atoms with Crippen molar-refractivity contribution < 1.29 is 4.48 Å². The summed E-state index contributed by atoms with van der Waals surface area (Å²) in [7, 11) is 0. The molecule has 0 aromatic heterocycles. The van der Waals surface area contributed by atoms with E-state index in [0.717, 1.165) is 5.75 Å². The van der Waals surface area contributed by atoms with E-state index in [9.17, 15) is 0 Å². The van der Waals surface area contributed by atoms with Gasteiger partial charge >= 0.3 is 0 Å². The van der Waals surface area contributed by atoms with Gasteiger partial charge in [-0.2, -0.15) is 12.6 Å². The maximum Gasteiger partial charge on any atom is 0.0786 e. The molecule has 0 spiro atoms. The van der Waals surface area contributed by atoms with E-state index in [1.54, 1.807) is 0 Å². The maximum atomic E-state index is 4.36. The molecule has 0 radical (unpaired) electrons. The fourth-order valence-electron chi connectivity index (χ4n) is 2.71. The Morgan fingerprint density at radius 2 is 1.00 bits per heavy atom. The predicted octanol–water partition coefficient (Wildman–Crippen LogP) is 4.91. The molecule has 0 aromatic rings. The lowest BCUT2D eigenvalue weighted by atomic mass is 10.1. The Morgan fingerprint density at radius 3 is 1.33 bits per heavy atom. The summed E-state index contributed by atoms with van der Waals surface area (Å²) in [6.45, 7) is 12.6. The molecular weight excluding hydrogens is 238 g/mol. The van der Waals surface area contributed by atoms with Gasteiger partial charge < -0.3 is 4.48 Å². The molecular formula is C16H36NS+. The molecule has 0 aliphatic rings. The minimum atomic E-state index is 1.05. The van der Waals surface area contributed by atoms with E-state index in [1.165, 1.54) is 82.0 Å². The SMILES string of the molecule is CCCC[N+](CCCC)(CCCC)CCCCS. The quantitative estimate of drug-likeness (QED) is 0.275. The van der Waals surface area contributed by atoms with Crippen LogP contribution in [0.3, 0.4) is 0 Å². The topological polar surface area (TPSA) is 0 Å². The zero-order chi connectivity index (χ0) is 13.7. The van der Waals surface area contributed by atoms with Crippen LogP contribution in [0, 0.1) is 0 Å². The smallest absolute Gasteiger partial charge is 0.0786 e. The Balaban J connectivity index is 4.41. The third kappa shape index (κ3) is 8.42. The van der Waals surface area contributed by atoms with Crippen LogP contribution in [0.1, 0.15) is 72.1 Å². The lowest BCUT2D eigenvalue weighted by molar-refractivity contribution is -0.929. The summed E-state index contributed by atoms with van der Waals surface area (Å²) in [6, 6.07) is 0. The van der Waals surface area contributed by atoms with Crippen molar-refractivity contribution in [3.05, 3.63) is 0 Å². The molecule has 0 heterocycles. The monoisotopic (exact) mass is 274 g/mol. The van der Waals surface area contributed by atoms with Gasteiger partial charge in [0, 0.05) is 0 Å². The highest BCUT2D eigenvalue weighted by molar-refractivity contribution is 7.80. The van der Waals surface area contributed by atoms with Crippen LogP contribution in [0.5, 0.6) is 0 Å². The molecule has 0 amide bonds. The van der Waals surface area contributed by atoms with Gasteiger partial charge in [-0.25, -0.2) is 0 Å². The fourth-order valence-corrected chi connectivity index (χ4v) is 2.93. The van der Waals surface area contributed by atoms with Gasteiger partial charge in [0.2, 0.25) is 0 Å². The zero-order valence-electron chi connectivity index (χ0n) is 13.1. The lowest BCUT2D eigenvalue weighted by Crippen LogP contribution is -2.50. The van der Waals surface area contributed by atoms with Crippen LogP contribution in [-0.2, 0) is 0 Å². The van der Waals surface area contributed by atoms with Crippen molar-refractivity contribution in [1.29, 1.82) is 0 Å². The largest absolute Gasteiger partial charge is 0.324 e. The number of unbranched alkanes of at least 4 members (excludes halogenated alkanes) is 4. The number of nitrogens with zero attached hydrogens (tertiary/aromatic N) is 1. The van der Waals surface area contributed by atoms with Crippen LogP contribution in [0.2, 0.25) is 0 Å². The van der Waals surface area contributed by atoms with Gasteiger partial charge in [-0.05, 0) is 37.9 Å². The third-order valence-corrected chi connectivity index (χ3v) is 4.31. The minimum Gasteiger partial charge on any atom is -0.324 e. The lowest BCUT2D eigenvalue weighted by Gasteiger charge is -2.39. The minimum absolute atomic E-state index is 1.05. The van der Waals surface area contributed by atoms with Gasteiger partial charge in [-0.3, -0.25) is 0 Å². The Morgan fingerprint density at radius 1 is 0.611 bits per heavy atom. The maximum absolute atomic E-state index is 4.36. The van der Waals surface area contributed by atoms with Crippen molar-refractivity contribution in [2.24, 2.45) is 0 Å². The molecule has 18 heavy (non-hydrogen) atoms. The predicted molar refractivity (Wildman–Crippen MR) is 87.5 cm³/mol. The first kappa shape index (κ1) is 18.3. The molecule has 0 saturated heterocycles. The Labute approximate surface area is 121 Å². The number of hydrogen-bond acceptors (Lipinski definition) is 1. The van der Waals surface area contributed by atoms with Crippen LogP contribution in [-0.4, -0.2) is 36.4 Å². The van der Waals surface area contributed by atoms with E-state index < -0.39 is 0 Å². The van der Waals surface area contributed by atoms with E-state index in [0.29, 0.717) is 0 Å². The average Bonchev–Trinajstić information content (AvgIpc) is 2.40. The van der Waals surface area contributed by atoms with Crippen molar-refractivity contribution >= 4 is 12.6 Å². The van der Waals surface area contributed by atoms with Crippen molar-refractivity contribution in [3.8, 4) is 0 Å². The zero-order valence-corrected chi connectivity index (χ0v) is 14.0. The molecule has 2 heteroatoms. The highest BCUT2D eigenvalue weighted by Crippen LogP contribution is 2.16. The highest BCUT2D eigenvalue weighted by atomic mass is 32.1. The first-order valence-corrected chi connectivity index (χ1v) is 8.83. The summed E-state index contributed by atoms with van der Waals surface area (Å²) in [5.41, 5.74) is 0. The second-order valence-electron chi connectivity index (χ2n) is 5.73. The molecule has 0 aliphatic heterocycles. The molecule has 0 unspecified atom stereocenters. The first-order valence-electron chi connectivity index (χ1n) is 8.20. The van der Waals surface area contributed by atoms with Crippen molar-refractivity contribution in [1.82, 2.24) is 0 Å². The summed E-state index contributed by atoms with van der Waals surface area (Å²) >= 11 is 4.36. The van der Waals surface area contributed by atoms with E-state index >= 15 is 0 Å². The molecule has 0 N–H and O–H groups in total. The van der Waals surface area contributed by atoms with Crippen LogP contribution >= 0.6 is 12.6 Å². The van der Waals surface area contributed by atoms with Gasteiger partial charge in [0.05, 0.1) is 26.2 Å². The van der Waals surface area contributed by atoms with Crippen molar-refractivity contribution in [2.45, 2.75) is 72.1 Å². The van der Waals surface area contributed by atoms with E-state index in [2.05, 4.69) is 33.4 Å². The van der Waals surface area contributed by atoms with Gasteiger partial charge in [-0.15, -0.1) is 0 Å². The molecule has 110 valence electrons. The summed E-state index contributed by atoms with van der Waals surface area (Å²) in [6.07, 6.45) is 10.9. The summed E-state index contributed by atoms with van der Waals surface area (Å²) in [5.74, 6) is 1.05. The molecule has 0 bridgehead atoms. The summed E-state index contributed by atoms with van der Waals surface area (Å²) < 4.78 is 1.39. The van der Waals surface area contributed by atoms with Gasteiger partial charge in [0.15, 0.2) is 0 Å². The van der Waals surface area contributed by atoms with Gasteiger partial charge in [-0.1, -0.05) is 40.0 Å². The van der Waals surface area contributed by atoms with Gasteiger partial charge in [0.1, 0.15) is 0 Å². The molecule has 0 aliphatic carbocycles. The van der Waals surface area contributed by atoms with E-state index in [4.69, 9.17) is 0 Å². The average molecular weight is 275 g/mol. The molecule has 0 atom stereocenters. The molecule has 0 saturated carbocycles. The number of rotatable bonds is 13. The van der Waals surface area contributed by atoms with Crippen LogP contribution < -0.4 is 0 Å². The Kier molecular flexibility index (Phi) is 12.6.